The minimum absolute atomic E-state index is 0.134. The van der Waals surface area contributed by atoms with Gasteiger partial charge in [-0.3, -0.25) is 4.79 Å². The lowest BCUT2D eigenvalue weighted by Gasteiger charge is -2.13. The van der Waals surface area contributed by atoms with E-state index < -0.39 is 0 Å². The van der Waals surface area contributed by atoms with Gasteiger partial charge in [0, 0.05) is 0 Å². The fourth-order valence-electron chi connectivity index (χ4n) is 0.954. The highest BCUT2D eigenvalue weighted by molar-refractivity contribution is 5.79. The quantitative estimate of drug-likeness (QED) is 0.705. The van der Waals surface area contributed by atoms with Crippen LogP contribution in [0, 0.1) is 0 Å². The lowest BCUT2D eigenvalue weighted by atomic mass is 10.2. The molecule has 13 heavy (non-hydrogen) atoms. The van der Waals surface area contributed by atoms with Crippen molar-refractivity contribution in [2.45, 2.75) is 26.4 Å². The second kappa shape index (κ2) is 4.65. The van der Waals surface area contributed by atoms with Crippen molar-refractivity contribution in [3.63, 3.8) is 0 Å². The minimum Gasteiger partial charge on any atom is -0.490 e. The van der Waals surface area contributed by atoms with Gasteiger partial charge in [-0.1, -0.05) is 19.1 Å². The lowest BCUT2D eigenvalue weighted by Crippen LogP contribution is -2.10. The van der Waals surface area contributed by atoms with Gasteiger partial charge in [-0.05, 0) is 25.5 Å². The molecule has 0 heterocycles. The van der Waals surface area contributed by atoms with Crippen LogP contribution in [0.1, 0.15) is 25.8 Å². The Morgan fingerprint density at radius 3 is 2.77 bits per heavy atom. The molecule has 69 valence electrons. The van der Waals surface area contributed by atoms with Crippen LogP contribution in [-0.2, 0) is 4.79 Å². The van der Waals surface area contributed by atoms with Gasteiger partial charge in [-0.2, -0.15) is 0 Å². The lowest BCUT2D eigenvalue weighted by molar-refractivity contribution is 0.217. The predicted molar refractivity (Wildman–Crippen MR) is 51.6 cm³/mol. The van der Waals surface area contributed by atoms with Crippen molar-refractivity contribution < 1.29 is 9.53 Å². The number of ether oxygens (including phenoxy) is 1. The van der Waals surface area contributed by atoms with Crippen molar-refractivity contribution >= 4 is 6.29 Å². The zero-order valence-electron chi connectivity index (χ0n) is 7.91. The second-order valence-electron chi connectivity index (χ2n) is 2.93. The molecule has 0 aromatic heterocycles. The van der Waals surface area contributed by atoms with E-state index >= 15 is 0 Å². The second-order valence-corrected chi connectivity index (χ2v) is 2.93. The van der Waals surface area contributed by atoms with Crippen molar-refractivity contribution in [1.82, 2.24) is 0 Å². The number of benzene rings is 1. The van der Waals surface area contributed by atoms with Crippen LogP contribution < -0.4 is 4.74 Å². The molecule has 1 rings (SSSR count). The maximum Gasteiger partial charge on any atom is 0.237 e. The molecule has 2 nitrogen and oxygen atoms in total. The van der Waals surface area contributed by atoms with Gasteiger partial charge >= 0.3 is 0 Å². The molecule has 1 radical (unpaired) electrons. The van der Waals surface area contributed by atoms with Gasteiger partial charge in [0.25, 0.3) is 0 Å². The number of hydrogen-bond donors (Lipinski definition) is 0. The summed E-state index contributed by atoms with van der Waals surface area (Å²) in [5.41, 5.74) is 0.489. The Bertz CT molecular complexity index is 281. The fraction of sp³-hybridized carbons (Fsp3) is 0.364. The molecule has 1 aromatic rings. The van der Waals surface area contributed by atoms with Gasteiger partial charge in [-0.15, -0.1) is 0 Å². The zero-order chi connectivity index (χ0) is 9.68. The van der Waals surface area contributed by atoms with Crippen LogP contribution in [0.15, 0.2) is 24.3 Å². The molecule has 0 aliphatic heterocycles. The Balaban J connectivity index is 2.80. The van der Waals surface area contributed by atoms with Gasteiger partial charge in [0.05, 0.1) is 11.7 Å². The van der Waals surface area contributed by atoms with Crippen molar-refractivity contribution in [3.05, 3.63) is 29.8 Å². The van der Waals surface area contributed by atoms with E-state index in [0.29, 0.717) is 11.3 Å². The summed E-state index contributed by atoms with van der Waals surface area (Å²) in [6, 6.07) is 7.12. The summed E-state index contributed by atoms with van der Waals surface area (Å²) < 4.78 is 5.52. The third-order valence-corrected chi connectivity index (χ3v) is 1.90. The van der Waals surface area contributed by atoms with E-state index in [-0.39, 0.29) is 6.10 Å². The Labute approximate surface area is 78.5 Å². The third kappa shape index (κ3) is 2.58. The van der Waals surface area contributed by atoms with Crippen LogP contribution in [0.2, 0.25) is 0 Å². The van der Waals surface area contributed by atoms with Crippen molar-refractivity contribution in [2.75, 3.05) is 0 Å². The molecule has 1 unspecified atom stereocenters. The van der Waals surface area contributed by atoms with E-state index in [9.17, 15) is 4.79 Å². The Kier molecular flexibility index (Phi) is 3.50. The van der Waals surface area contributed by atoms with E-state index in [1.165, 1.54) is 0 Å². The SMILES string of the molecule is CCC(C)Oc1ccccc1[C]=O. The topological polar surface area (TPSA) is 26.3 Å². The molecule has 1 atom stereocenters. The van der Waals surface area contributed by atoms with Gasteiger partial charge in [0.15, 0.2) is 0 Å². The van der Waals surface area contributed by atoms with Gasteiger partial charge in [-0.25, -0.2) is 0 Å². The van der Waals surface area contributed by atoms with Gasteiger partial charge in [0.1, 0.15) is 5.75 Å². The van der Waals surface area contributed by atoms with Crippen LogP contribution in [0.3, 0.4) is 0 Å². The molecular formula is C11H13O2. The average Bonchev–Trinajstić information content (AvgIpc) is 2.18. The van der Waals surface area contributed by atoms with E-state index in [2.05, 4.69) is 0 Å². The summed E-state index contributed by atoms with van der Waals surface area (Å²) in [4.78, 5) is 10.5. The van der Waals surface area contributed by atoms with Crippen LogP contribution in [-0.4, -0.2) is 12.4 Å². The highest BCUT2D eigenvalue weighted by Crippen LogP contribution is 2.17. The molecule has 0 N–H and O–H groups in total. The summed E-state index contributed by atoms with van der Waals surface area (Å²) in [5.74, 6) is 0.617. The fourth-order valence-corrected chi connectivity index (χ4v) is 0.954. The molecule has 0 fully saturated rings. The highest BCUT2D eigenvalue weighted by Gasteiger charge is 2.05. The van der Waals surface area contributed by atoms with E-state index in [4.69, 9.17) is 4.74 Å². The summed E-state index contributed by atoms with van der Waals surface area (Å²) >= 11 is 0. The predicted octanol–water partition coefficient (Wildman–Crippen LogP) is 2.32. The summed E-state index contributed by atoms with van der Waals surface area (Å²) in [6.07, 6.45) is 2.91. The van der Waals surface area contributed by atoms with Gasteiger partial charge < -0.3 is 4.74 Å². The first-order valence-electron chi connectivity index (χ1n) is 4.41. The zero-order valence-corrected chi connectivity index (χ0v) is 7.91. The molecular weight excluding hydrogens is 164 g/mol. The maximum absolute atomic E-state index is 10.5. The monoisotopic (exact) mass is 177 g/mol. The molecule has 1 aromatic carbocycles. The highest BCUT2D eigenvalue weighted by atomic mass is 16.5. The minimum atomic E-state index is 0.134. The van der Waals surface area contributed by atoms with E-state index in [1.807, 2.05) is 26.2 Å². The standard InChI is InChI=1S/C11H13O2/c1-3-9(2)13-11-7-5-4-6-10(11)8-12/h4-7,9H,3H2,1-2H3. The summed E-state index contributed by atoms with van der Waals surface area (Å²) in [6.45, 7) is 4.01. The number of para-hydroxylation sites is 1. The van der Waals surface area contributed by atoms with Crippen LogP contribution in [0.4, 0.5) is 0 Å². The molecule has 0 aliphatic carbocycles. The molecule has 0 saturated heterocycles. The van der Waals surface area contributed by atoms with Crippen molar-refractivity contribution in [3.8, 4) is 5.75 Å². The van der Waals surface area contributed by atoms with E-state index in [1.54, 1.807) is 18.2 Å². The normalized spacial score (nSPS) is 12.2. The summed E-state index contributed by atoms with van der Waals surface area (Å²) in [5, 5.41) is 0. The van der Waals surface area contributed by atoms with Gasteiger partial charge in [0.2, 0.25) is 6.29 Å². The molecule has 0 spiro atoms. The molecule has 2 heteroatoms. The largest absolute Gasteiger partial charge is 0.490 e. The number of hydrogen-bond acceptors (Lipinski definition) is 2. The molecule has 0 saturated carbocycles. The first-order chi connectivity index (χ1) is 6.27. The third-order valence-electron chi connectivity index (χ3n) is 1.90. The first-order valence-corrected chi connectivity index (χ1v) is 4.41. The molecule has 0 aliphatic rings. The van der Waals surface area contributed by atoms with Crippen LogP contribution in [0.5, 0.6) is 5.75 Å². The van der Waals surface area contributed by atoms with E-state index in [0.717, 1.165) is 6.42 Å². The Hall–Kier alpha value is -1.31. The maximum atomic E-state index is 10.5. The Morgan fingerprint density at radius 2 is 2.15 bits per heavy atom. The number of carbonyl (C=O) groups excluding carboxylic acids is 1. The molecule has 0 bridgehead atoms. The van der Waals surface area contributed by atoms with Crippen molar-refractivity contribution in [1.29, 1.82) is 0 Å². The summed E-state index contributed by atoms with van der Waals surface area (Å²) in [7, 11) is 0. The van der Waals surface area contributed by atoms with Crippen LogP contribution in [0.25, 0.3) is 0 Å². The molecule has 0 amide bonds. The Morgan fingerprint density at radius 1 is 1.46 bits per heavy atom. The van der Waals surface area contributed by atoms with Crippen molar-refractivity contribution in [2.24, 2.45) is 0 Å². The smallest absolute Gasteiger partial charge is 0.237 e. The first kappa shape index (κ1) is 9.78. The number of rotatable bonds is 4. The average molecular weight is 177 g/mol. The van der Waals surface area contributed by atoms with Crippen LogP contribution >= 0.6 is 0 Å².